The van der Waals surface area contributed by atoms with Crippen molar-refractivity contribution in [3.8, 4) is 0 Å². The normalized spacial score (nSPS) is 29.6. The van der Waals surface area contributed by atoms with Crippen LogP contribution in [0.3, 0.4) is 0 Å². The van der Waals surface area contributed by atoms with Crippen LogP contribution in [0, 0.1) is 0 Å². The molecule has 2 atom stereocenters. The Balaban J connectivity index is 1.59. The van der Waals surface area contributed by atoms with Crippen molar-refractivity contribution in [2.45, 2.75) is 38.3 Å². The first kappa shape index (κ1) is 20.4. The standard InChI is InChI=1S/C20H33N6O3/c1-15-6-4-5-7-25(15)14-16-21-18-17(19(27)23(3)20(28)22(18)2)26(16)9-8-24-10-12-29-13-11-24/h15,17H,4-14H2,1-3H3/q+1. The summed E-state index contributed by atoms with van der Waals surface area (Å²) in [5.74, 6) is 1.30. The third kappa shape index (κ3) is 3.95. The van der Waals surface area contributed by atoms with E-state index in [-0.39, 0.29) is 11.9 Å². The minimum atomic E-state index is -0.501. The Kier molecular flexibility index (Phi) is 5.98. The van der Waals surface area contributed by atoms with Gasteiger partial charge in [-0.2, -0.15) is 0 Å². The molecule has 0 spiro atoms. The molecule has 4 heterocycles. The van der Waals surface area contributed by atoms with Crippen LogP contribution in [0.1, 0.15) is 26.2 Å². The van der Waals surface area contributed by atoms with Crippen LogP contribution >= 0.6 is 0 Å². The lowest BCUT2D eigenvalue weighted by molar-refractivity contribution is -0.536. The summed E-state index contributed by atoms with van der Waals surface area (Å²) in [6, 6.07) is -0.303. The molecule has 2 unspecified atom stereocenters. The highest BCUT2D eigenvalue weighted by Gasteiger charge is 2.53. The minimum Gasteiger partial charge on any atom is -0.379 e. The monoisotopic (exact) mass is 405 g/mol. The molecule has 9 heteroatoms. The number of nitrogens with zero attached hydrogens (tertiary/aromatic N) is 6. The van der Waals surface area contributed by atoms with E-state index in [1.165, 1.54) is 29.1 Å². The van der Waals surface area contributed by atoms with Gasteiger partial charge in [0.2, 0.25) is 0 Å². The molecule has 29 heavy (non-hydrogen) atoms. The molecular weight excluding hydrogens is 372 g/mol. The van der Waals surface area contributed by atoms with Gasteiger partial charge in [-0.05, 0) is 31.3 Å². The molecule has 3 amide bonds. The highest BCUT2D eigenvalue weighted by molar-refractivity contribution is 6.23. The number of imide groups is 1. The van der Waals surface area contributed by atoms with E-state index in [1.54, 1.807) is 14.1 Å². The van der Waals surface area contributed by atoms with Gasteiger partial charge in [0.25, 0.3) is 17.8 Å². The predicted octanol–water partition coefficient (Wildman–Crippen LogP) is -0.0915. The summed E-state index contributed by atoms with van der Waals surface area (Å²) >= 11 is 0. The Morgan fingerprint density at radius 1 is 1.10 bits per heavy atom. The maximum absolute atomic E-state index is 13.0. The fourth-order valence-electron chi connectivity index (χ4n) is 4.68. The van der Waals surface area contributed by atoms with Crippen molar-refractivity contribution in [1.82, 2.24) is 19.6 Å². The summed E-state index contributed by atoms with van der Waals surface area (Å²) in [4.78, 5) is 37.9. The molecule has 0 aromatic carbocycles. The van der Waals surface area contributed by atoms with Gasteiger partial charge in [-0.1, -0.05) is 6.42 Å². The van der Waals surface area contributed by atoms with Crippen molar-refractivity contribution < 1.29 is 18.9 Å². The molecule has 9 nitrogen and oxygen atoms in total. The number of fused-ring (bicyclic) bond motifs is 1. The highest BCUT2D eigenvalue weighted by Crippen LogP contribution is 2.21. The number of likely N-dealkylation sites (N-methyl/N-ethyl adjacent to an activating group) is 2. The molecule has 0 aromatic rings. The van der Waals surface area contributed by atoms with Crippen molar-refractivity contribution in [1.29, 1.82) is 0 Å². The van der Waals surface area contributed by atoms with E-state index in [9.17, 15) is 9.59 Å². The Bertz CT molecular complexity index is 730. The molecule has 0 aliphatic carbocycles. The van der Waals surface area contributed by atoms with Crippen LogP contribution in [-0.4, -0.2) is 126 Å². The number of hydrogen-bond donors (Lipinski definition) is 0. The van der Waals surface area contributed by atoms with Gasteiger partial charge in [-0.15, -0.1) is 0 Å². The fraction of sp³-hybridized carbons (Fsp3) is 0.800. The summed E-state index contributed by atoms with van der Waals surface area (Å²) in [7, 11) is 3.27. The average Bonchev–Trinajstić information content (AvgIpc) is 3.10. The number of amidine groups is 2. The number of likely N-dealkylation sites (tertiary alicyclic amines) is 1. The van der Waals surface area contributed by atoms with Crippen LogP contribution < -0.4 is 0 Å². The van der Waals surface area contributed by atoms with Crippen molar-refractivity contribution in [2.75, 3.05) is 66.6 Å². The first-order valence-electron chi connectivity index (χ1n) is 10.8. The molecule has 0 bridgehead atoms. The average molecular weight is 406 g/mol. The summed E-state index contributed by atoms with van der Waals surface area (Å²) in [6.07, 6.45) is 3.66. The number of ether oxygens (including phenoxy) is 1. The van der Waals surface area contributed by atoms with Crippen LogP contribution in [0.25, 0.3) is 0 Å². The van der Waals surface area contributed by atoms with Crippen molar-refractivity contribution >= 4 is 23.6 Å². The SMILES string of the molecule is CC1CCCCN1CC1=[N+](CCN2CCOCC2)C2C(=O)N(C)C(=O)N(C)C2=N1. The summed E-state index contributed by atoms with van der Waals surface area (Å²) < 4.78 is 7.59. The van der Waals surface area contributed by atoms with Crippen molar-refractivity contribution in [3.05, 3.63) is 0 Å². The van der Waals surface area contributed by atoms with Crippen LogP contribution in [0.5, 0.6) is 0 Å². The first-order chi connectivity index (χ1) is 14.0. The zero-order valence-electron chi connectivity index (χ0n) is 17.8. The second kappa shape index (κ2) is 8.49. The highest BCUT2D eigenvalue weighted by atomic mass is 16.5. The Hall–Kier alpha value is -1.84. The van der Waals surface area contributed by atoms with Gasteiger partial charge < -0.3 is 4.74 Å². The van der Waals surface area contributed by atoms with Gasteiger partial charge in [0.05, 0.1) is 19.8 Å². The third-order valence-electron chi connectivity index (χ3n) is 6.66. The number of morpholine rings is 1. The molecule has 4 rings (SSSR count). The zero-order valence-corrected chi connectivity index (χ0v) is 17.8. The second-order valence-corrected chi connectivity index (χ2v) is 8.49. The Labute approximate surface area is 172 Å². The van der Waals surface area contributed by atoms with E-state index >= 15 is 0 Å². The minimum absolute atomic E-state index is 0.185. The maximum Gasteiger partial charge on any atom is 0.333 e. The number of rotatable bonds is 5. The molecular formula is C20H33N6O3+. The molecule has 160 valence electrons. The quantitative estimate of drug-likeness (QED) is 0.598. The number of urea groups is 1. The van der Waals surface area contributed by atoms with E-state index in [2.05, 4.69) is 21.3 Å². The second-order valence-electron chi connectivity index (χ2n) is 8.49. The van der Waals surface area contributed by atoms with Gasteiger partial charge in [0.15, 0.2) is 0 Å². The van der Waals surface area contributed by atoms with Crippen molar-refractivity contribution in [2.24, 2.45) is 4.99 Å². The molecule has 0 N–H and O–H groups in total. The molecule has 0 aromatic heterocycles. The lowest BCUT2D eigenvalue weighted by Gasteiger charge is -2.33. The van der Waals surface area contributed by atoms with E-state index < -0.39 is 6.04 Å². The van der Waals surface area contributed by atoms with Crippen LogP contribution in [0.15, 0.2) is 4.99 Å². The number of hydrogen-bond acceptors (Lipinski definition) is 6. The van der Waals surface area contributed by atoms with Gasteiger partial charge >= 0.3 is 11.9 Å². The molecule has 0 saturated carbocycles. The number of carbonyl (C=O) groups is 2. The fourth-order valence-corrected chi connectivity index (χ4v) is 4.68. The largest absolute Gasteiger partial charge is 0.379 e. The molecule has 4 aliphatic heterocycles. The van der Waals surface area contributed by atoms with E-state index in [0.717, 1.165) is 58.3 Å². The smallest absolute Gasteiger partial charge is 0.333 e. The number of piperidine rings is 1. The van der Waals surface area contributed by atoms with Crippen LogP contribution in [-0.2, 0) is 9.53 Å². The van der Waals surface area contributed by atoms with E-state index in [4.69, 9.17) is 9.73 Å². The summed E-state index contributed by atoms with van der Waals surface area (Å²) in [6.45, 7) is 8.96. The summed E-state index contributed by atoms with van der Waals surface area (Å²) in [5, 5.41) is 0. The molecule has 4 aliphatic rings. The molecule has 3 fully saturated rings. The van der Waals surface area contributed by atoms with Gasteiger partial charge in [0, 0.05) is 39.8 Å². The van der Waals surface area contributed by atoms with Crippen molar-refractivity contribution in [3.63, 3.8) is 0 Å². The number of aliphatic imine (C=N–C) groups is 1. The van der Waals surface area contributed by atoms with Gasteiger partial charge in [-0.25, -0.2) is 9.37 Å². The van der Waals surface area contributed by atoms with Crippen LogP contribution in [0.4, 0.5) is 4.79 Å². The van der Waals surface area contributed by atoms with E-state index in [0.29, 0.717) is 11.9 Å². The van der Waals surface area contributed by atoms with Gasteiger partial charge in [0.1, 0.15) is 6.54 Å². The number of amides is 3. The molecule has 0 radical (unpaired) electrons. The lowest BCUT2D eigenvalue weighted by Crippen LogP contribution is -2.62. The first-order valence-corrected chi connectivity index (χ1v) is 10.8. The summed E-state index contributed by atoms with van der Waals surface area (Å²) in [5.41, 5.74) is 0. The number of carbonyl (C=O) groups excluding carboxylic acids is 2. The Morgan fingerprint density at radius 2 is 1.86 bits per heavy atom. The zero-order chi connectivity index (χ0) is 20.5. The lowest BCUT2D eigenvalue weighted by atomic mass is 10.0. The Morgan fingerprint density at radius 3 is 2.59 bits per heavy atom. The van der Waals surface area contributed by atoms with Gasteiger partial charge in [-0.3, -0.25) is 24.4 Å². The molecule has 3 saturated heterocycles. The third-order valence-corrected chi connectivity index (χ3v) is 6.66. The predicted molar refractivity (Wildman–Crippen MR) is 109 cm³/mol. The maximum atomic E-state index is 13.0. The van der Waals surface area contributed by atoms with Crippen LogP contribution in [0.2, 0.25) is 0 Å². The topological polar surface area (TPSA) is 71.7 Å². The van der Waals surface area contributed by atoms with E-state index in [1.807, 2.05) is 0 Å².